The normalized spacial score (nSPS) is 39.1. The Labute approximate surface area is 147 Å². The molecule has 130 valence electrons. The summed E-state index contributed by atoms with van der Waals surface area (Å²) in [6, 6.07) is 0. The van der Waals surface area contributed by atoms with Crippen molar-refractivity contribution in [3.8, 4) is 0 Å². The minimum atomic E-state index is 0.156. The van der Waals surface area contributed by atoms with Crippen molar-refractivity contribution in [2.24, 2.45) is 29.6 Å². The molecule has 0 spiro atoms. The van der Waals surface area contributed by atoms with Gasteiger partial charge in [0.1, 0.15) is 0 Å². The zero-order chi connectivity index (χ0) is 16.3. The van der Waals surface area contributed by atoms with E-state index >= 15 is 0 Å². The molecular formula is C22H39B. The van der Waals surface area contributed by atoms with E-state index in [9.17, 15) is 0 Å². The third kappa shape index (κ3) is 4.01. The Morgan fingerprint density at radius 2 is 1.35 bits per heavy atom. The van der Waals surface area contributed by atoms with Crippen LogP contribution in [0.25, 0.3) is 0 Å². The number of fused-ring (bicyclic) bond motifs is 1. The highest BCUT2D eigenvalue weighted by Crippen LogP contribution is 2.58. The predicted octanol–water partition coefficient (Wildman–Crippen LogP) is 6.94. The van der Waals surface area contributed by atoms with Crippen LogP contribution in [0.15, 0.2) is 0 Å². The third-order valence-corrected chi connectivity index (χ3v) is 7.81. The quantitative estimate of drug-likeness (QED) is 0.382. The van der Waals surface area contributed by atoms with Crippen molar-refractivity contribution in [3.05, 3.63) is 0 Å². The Morgan fingerprint density at radius 1 is 0.739 bits per heavy atom. The molecule has 0 aromatic carbocycles. The lowest BCUT2D eigenvalue weighted by atomic mass is 9.48. The molecule has 0 aromatic heterocycles. The molecule has 0 amide bonds. The highest BCUT2D eigenvalue weighted by atomic mass is 14.5. The topological polar surface area (TPSA) is 0 Å². The molecule has 0 saturated heterocycles. The molecule has 4 unspecified atom stereocenters. The van der Waals surface area contributed by atoms with Gasteiger partial charge in [0.05, 0.1) is 7.85 Å². The summed E-state index contributed by atoms with van der Waals surface area (Å²) in [6.45, 7) is 4.96. The molecule has 3 fully saturated rings. The van der Waals surface area contributed by atoms with Gasteiger partial charge in [-0.1, -0.05) is 96.2 Å². The van der Waals surface area contributed by atoms with E-state index in [4.69, 9.17) is 7.85 Å². The first kappa shape index (κ1) is 17.9. The lowest BCUT2D eigenvalue weighted by Gasteiger charge is -2.49. The van der Waals surface area contributed by atoms with Crippen LogP contribution in [0.5, 0.6) is 0 Å². The fourth-order valence-corrected chi connectivity index (χ4v) is 6.68. The van der Waals surface area contributed by atoms with Crippen LogP contribution in [0, 0.1) is 29.6 Å². The van der Waals surface area contributed by atoms with E-state index in [-0.39, 0.29) is 5.31 Å². The van der Waals surface area contributed by atoms with Crippen molar-refractivity contribution < 1.29 is 0 Å². The van der Waals surface area contributed by atoms with E-state index < -0.39 is 0 Å². The standard InChI is InChI=1S/C22H39B/c1-17(2)19-14-10-12-18-11-6-5-7-13-20(18)21(19)22(23)15-8-3-4-9-16-22/h17-21H,3-16H2,1-2H3. The average Bonchev–Trinajstić information content (AvgIpc) is 2.93. The maximum atomic E-state index is 7.29. The molecule has 4 atom stereocenters. The molecule has 0 nitrogen and oxygen atoms in total. The summed E-state index contributed by atoms with van der Waals surface area (Å²) in [6.07, 6.45) is 20.1. The Balaban J connectivity index is 1.92. The van der Waals surface area contributed by atoms with E-state index in [1.807, 2.05) is 0 Å². The smallest absolute Gasteiger partial charge is 0.0627 e. The number of rotatable bonds is 2. The summed E-state index contributed by atoms with van der Waals surface area (Å²) in [4.78, 5) is 0. The van der Waals surface area contributed by atoms with Gasteiger partial charge in [-0.15, -0.1) is 0 Å². The van der Waals surface area contributed by atoms with Crippen LogP contribution in [-0.4, -0.2) is 7.85 Å². The molecule has 0 bridgehead atoms. The maximum absolute atomic E-state index is 7.29. The largest absolute Gasteiger partial charge is 0.0750 e. The van der Waals surface area contributed by atoms with Crippen molar-refractivity contribution in [2.45, 2.75) is 109 Å². The summed E-state index contributed by atoms with van der Waals surface area (Å²) in [5.74, 6) is 4.44. The van der Waals surface area contributed by atoms with Crippen molar-refractivity contribution in [1.29, 1.82) is 0 Å². The Bertz CT molecular complexity index is 353. The summed E-state index contributed by atoms with van der Waals surface area (Å²) >= 11 is 0. The molecule has 23 heavy (non-hydrogen) atoms. The minimum absolute atomic E-state index is 0.156. The van der Waals surface area contributed by atoms with E-state index in [2.05, 4.69) is 13.8 Å². The molecule has 3 aliphatic carbocycles. The summed E-state index contributed by atoms with van der Waals surface area (Å²) < 4.78 is 0. The molecule has 3 rings (SSSR count). The van der Waals surface area contributed by atoms with Gasteiger partial charge in [0.25, 0.3) is 0 Å². The molecule has 2 radical (unpaired) electrons. The molecule has 1 heteroatoms. The van der Waals surface area contributed by atoms with Crippen molar-refractivity contribution in [3.63, 3.8) is 0 Å². The Kier molecular flexibility index (Phi) is 6.19. The number of hydrogen-bond donors (Lipinski definition) is 0. The second-order valence-electron chi connectivity index (χ2n) is 9.57. The molecule has 0 N–H and O–H groups in total. The van der Waals surface area contributed by atoms with E-state index in [1.165, 1.54) is 89.9 Å². The first-order valence-corrected chi connectivity index (χ1v) is 10.9. The van der Waals surface area contributed by atoms with Crippen molar-refractivity contribution >= 4 is 7.85 Å². The molecule has 3 saturated carbocycles. The van der Waals surface area contributed by atoms with Gasteiger partial charge >= 0.3 is 0 Å². The van der Waals surface area contributed by atoms with Gasteiger partial charge < -0.3 is 0 Å². The van der Waals surface area contributed by atoms with Crippen LogP contribution in [-0.2, 0) is 0 Å². The van der Waals surface area contributed by atoms with Crippen LogP contribution in [0.2, 0.25) is 5.31 Å². The lowest BCUT2D eigenvalue weighted by molar-refractivity contribution is 0.0815. The van der Waals surface area contributed by atoms with Crippen molar-refractivity contribution in [1.82, 2.24) is 0 Å². The second kappa shape index (κ2) is 7.96. The molecule has 3 aliphatic rings. The fraction of sp³-hybridized carbons (Fsp3) is 1.00. The molecule has 0 heterocycles. The first-order valence-electron chi connectivity index (χ1n) is 10.9. The van der Waals surface area contributed by atoms with Crippen molar-refractivity contribution in [2.75, 3.05) is 0 Å². The van der Waals surface area contributed by atoms with Gasteiger partial charge in [-0.25, -0.2) is 0 Å². The number of hydrogen-bond acceptors (Lipinski definition) is 0. The average molecular weight is 314 g/mol. The summed E-state index contributed by atoms with van der Waals surface area (Å²) in [5.41, 5.74) is 0. The monoisotopic (exact) mass is 314 g/mol. The predicted molar refractivity (Wildman–Crippen MR) is 102 cm³/mol. The van der Waals surface area contributed by atoms with Crippen LogP contribution in [0.1, 0.15) is 104 Å². The second-order valence-corrected chi connectivity index (χ2v) is 9.57. The fourth-order valence-electron chi connectivity index (χ4n) is 6.68. The van der Waals surface area contributed by atoms with E-state index in [1.54, 1.807) is 0 Å². The lowest BCUT2D eigenvalue weighted by Crippen LogP contribution is -2.39. The van der Waals surface area contributed by atoms with Crippen LogP contribution >= 0.6 is 0 Å². The van der Waals surface area contributed by atoms with Gasteiger partial charge in [-0.2, -0.15) is 0 Å². The SMILES string of the molecule is [B]C1(C2C(C(C)C)CCCC3CCCCCC32)CCCCCC1. The highest BCUT2D eigenvalue weighted by Gasteiger charge is 2.47. The zero-order valence-corrected chi connectivity index (χ0v) is 15.9. The van der Waals surface area contributed by atoms with Crippen LogP contribution in [0.4, 0.5) is 0 Å². The molecular weight excluding hydrogens is 275 g/mol. The van der Waals surface area contributed by atoms with Gasteiger partial charge in [-0.05, 0) is 42.4 Å². The summed E-state index contributed by atoms with van der Waals surface area (Å²) in [5, 5.41) is 0.156. The zero-order valence-electron chi connectivity index (χ0n) is 15.9. The highest BCUT2D eigenvalue weighted by molar-refractivity contribution is 6.15. The van der Waals surface area contributed by atoms with Gasteiger partial charge in [0, 0.05) is 0 Å². The molecule has 0 aromatic rings. The van der Waals surface area contributed by atoms with Crippen LogP contribution in [0.3, 0.4) is 0 Å². The minimum Gasteiger partial charge on any atom is -0.0627 e. The third-order valence-electron chi connectivity index (χ3n) is 7.81. The van der Waals surface area contributed by atoms with Gasteiger partial charge in [0.15, 0.2) is 0 Å². The molecule has 0 aliphatic heterocycles. The Hall–Kier alpha value is 0.0649. The summed E-state index contributed by atoms with van der Waals surface area (Å²) in [7, 11) is 7.29. The van der Waals surface area contributed by atoms with Gasteiger partial charge in [0.2, 0.25) is 0 Å². The van der Waals surface area contributed by atoms with Gasteiger partial charge in [-0.3, -0.25) is 0 Å². The van der Waals surface area contributed by atoms with E-state index in [0.717, 1.165) is 29.6 Å². The maximum Gasteiger partial charge on any atom is 0.0750 e. The first-order chi connectivity index (χ1) is 11.1. The Morgan fingerprint density at radius 3 is 2.04 bits per heavy atom. The van der Waals surface area contributed by atoms with E-state index in [0.29, 0.717) is 0 Å². The van der Waals surface area contributed by atoms with Crippen LogP contribution < -0.4 is 0 Å².